The molecule has 0 aliphatic heterocycles. The van der Waals surface area contributed by atoms with Crippen molar-refractivity contribution in [2.75, 3.05) is 6.26 Å². The Morgan fingerprint density at radius 3 is 2.47 bits per heavy atom. The average Bonchev–Trinajstić information content (AvgIpc) is 2.10. The van der Waals surface area contributed by atoms with E-state index in [1.54, 1.807) is 11.8 Å². The van der Waals surface area contributed by atoms with E-state index in [4.69, 9.17) is 5.11 Å². The Hall–Kier alpha value is -0.710. The molecule has 1 unspecified atom stereocenters. The van der Waals surface area contributed by atoms with Crippen LogP contribution in [0.25, 0.3) is 0 Å². The highest BCUT2D eigenvalue weighted by molar-refractivity contribution is 7.99. The van der Waals surface area contributed by atoms with Crippen molar-refractivity contribution in [3.05, 3.63) is 0 Å². The van der Waals surface area contributed by atoms with Crippen molar-refractivity contribution in [1.29, 1.82) is 0 Å². The lowest BCUT2D eigenvalue weighted by Gasteiger charge is -2.38. The van der Waals surface area contributed by atoms with Crippen LogP contribution in [0, 0.1) is 0 Å². The van der Waals surface area contributed by atoms with Crippen molar-refractivity contribution in [2.45, 2.75) is 43.4 Å². The Morgan fingerprint density at radius 1 is 1.53 bits per heavy atom. The molecule has 0 saturated heterocycles. The monoisotopic (exact) mass is 231 g/mol. The number of amides is 1. The minimum Gasteiger partial charge on any atom is -0.480 e. The summed E-state index contributed by atoms with van der Waals surface area (Å²) in [6, 6.07) is 0. The Balaban J connectivity index is 2.46. The first kappa shape index (κ1) is 12.4. The molecule has 2 N–H and O–H groups in total. The lowest BCUT2D eigenvalue weighted by atomic mass is 9.76. The normalized spacial score (nSPS) is 20.1. The van der Waals surface area contributed by atoms with E-state index in [0.29, 0.717) is 19.3 Å². The van der Waals surface area contributed by atoms with E-state index < -0.39 is 11.5 Å². The van der Waals surface area contributed by atoms with Gasteiger partial charge in [0.25, 0.3) is 0 Å². The lowest BCUT2D eigenvalue weighted by molar-refractivity contribution is -0.151. The van der Waals surface area contributed by atoms with Crippen LogP contribution in [0.15, 0.2) is 0 Å². The summed E-state index contributed by atoms with van der Waals surface area (Å²) >= 11 is 1.60. The van der Waals surface area contributed by atoms with Gasteiger partial charge in [0.1, 0.15) is 5.54 Å². The zero-order valence-electron chi connectivity index (χ0n) is 9.08. The van der Waals surface area contributed by atoms with E-state index in [2.05, 4.69) is 5.32 Å². The molecule has 0 heterocycles. The molecule has 0 spiro atoms. The minimum atomic E-state index is -0.963. The number of carbonyl (C=O) groups is 2. The summed E-state index contributed by atoms with van der Waals surface area (Å²) in [5, 5.41) is 11.9. The van der Waals surface area contributed by atoms with Crippen LogP contribution in [0.1, 0.15) is 32.6 Å². The number of aliphatic carboxylic acids is 1. The maximum absolute atomic E-state index is 11.5. The van der Waals surface area contributed by atoms with Crippen molar-refractivity contribution in [1.82, 2.24) is 5.32 Å². The number of carboxylic acid groups (broad SMARTS) is 1. The van der Waals surface area contributed by atoms with Crippen molar-refractivity contribution in [2.24, 2.45) is 0 Å². The van der Waals surface area contributed by atoms with E-state index in [9.17, 15) is 9.59 Å². The molecule has 0 aromatic rings. The smallest absolute Gasteiger partial charge is 0.329 e. The molecule has 0 radical (unpaired) electrons. The number of carboxylic acids is 1. The summed E-state index contributed by atoms with van der Waals surface area (Å²) in [5.74, 6) is -1.06. The number of carbonyl (C=O) groups excluding carboxylic acids is 1. The third-order valence-corrected chi connectivity index (χ3v) is 3.84. The highest BCUT2D eigenvalue weighted by Gasteiger charge is 2.45. The van der Waals surface area contributed by atoms with E-state index in [-0.39, 0.29) is 11.2 Å². The van der Waals surface area contributed by atoms with Crippen LogP contribution in [0.2, 0.25) is 0 Å². The second kappa shape index (κ2) is 4.88. The number of hydrogen-bond donors (Lipinski definition) is 2. The Labute approximate surface area is 93.8 Å². The van der Waals surface area contributed by atoms with Gasteiger partial charge in [0, 0.05) is 11.7 Å². The van der Waals surface area contributed by atoms with E-state index in [1.807, 2.05) is 13.2 Å². The molecule has 86 valence electrons. The van der Waals surface area contributed by atoms with Crippen molar-refractivity contribution in [3.8, 4) is 0 Å². The molecule has 0 aromatic carbocycles. The average molecular weight is 231 g/mol. The Kier molecular flexibility index (Phi) is 4.02. The van der Waals surface area contributed by atoms with Crippen LogP contribution in [0.5, 0.6) is 0 Å². The van der Waals surface area contributed by atoms with E-state index >= 15 is 0 Å². The van der Waals surface area contributed by atoms with Crippen molar-refractivity contribution in [3.63, 3.8) is 0 Å². The maximum atomic E-state index is 11.5. The molecule has 4 nitrogen and oxygen atoms in total. The molecular weight excluding hydrogens is 214 g/mol. The predicted octanol–water partition coefficient (Wildman–Crippen LogP) is 1.25. The Morgan fingerprint density at radius 2 is 2.13 bits per heavy atom. The molecule has 1 aliphatic carbocycles. The van der Waals surface area contributed by atoms with Crippen LogP contribution in [-0.2, 0) is 9.59 Å². The number of hydrogen-bond acceptors (Lipinski definition) is 3. The third-order valence-electron chi connectivity index (χ3n) is 2.87. The van der Waals surface area contributed by atoms with E-state index in [1.165, 1.54) is 0 Å². The van der Waals surface area contributed by atoms with Gasteiger partial charge in [0.05, 0.1) is 0 Å². The fourth-order valence-corrected chi connectivity index (χ4v) is 1.90. The fourth-order valence-electron chi connectivity index (χ4n) is 1.58. The fraction of sp³-hybridized carbons (Fsp3) is 0.800. The van der Waals surface area contributed by atoms with Gasteiger partial charge in [-0.25, -0.2) is 4.79 Å². The van der Waals surface area contributed by atoms with Crippen LogP contribution < -0.4 is 5.32 Å². The van der Waals surface area contributed by atoms with Crippen molar-refractivity contribution < 1.29 is 14.7 Å². The second-order valence-corrected chi connectivity index (χ2v) is 5.32. The molecule has 5 heteroatoms. The van der Waals surface area contributed by atoms with Gasteiger partial charge in [-0.15, -0.1) is 0 Å². The van der Waals surface area contributed by atoms with Gasteiger partial charge in [0.15, 0.2) is 0 Å². The summed E-state index contributed by atoms with van der Waals surface area (Å²) in [6.45, 7) is 1.96. The minimum absolute atomic E-state index is 0.154. The number of thioether (sulfide) groups is 1. The number of nitrogens with one attached hydrogen (secondary N) is 1. The van der Waals surface area contributed by atoms with Crippen LogP contribution in [0.4, 0.5) is 0 Å². The summed E-state index contributed by atoms with van der Waals surface area (Å²) in [5.41, 5.74) is -0.963. The van der Waals surface area contributed by atoms with Gasteiger partial charge >= 0.3 is 5.97 Å². The molecular formula is C10H17NO3S. The lowest BCUT2D eigenvalue weighted by Crippen LogP contribution is -2.59. The first-order valence-electron chi connectivity index (χ1n) is 5.07. The third kappa shape index (κ3) is 2.87. The molecule has 1 aliphatic rings. The molecule has 0 bridgehead atoms. The molecule has 0 aromatic heterocycles. The summed E-state index contributed by atoms with van der Waals surface area (Å²) in [7, 11) is 0. The zero-order chi connectivity index (χ0) is 11.5. The van der Waals surface area contributed by atoms with Gasteiger partial charge in [-0.1, -0.05) is 6.92 Å². The van der Waals surface area contributed by atoms with Gasteiger partial charge in [-0.05, 0) is 25.5 Å². The summed E-state index contributed by atoms with van der Waals surface area (Å²) in [6.07, 6.45) is 4.32. The SMILES string of the molecule is CSC(C)CC(=O)NC1(C(=O)O)CCC1. The van der Waals surface area contributed by atoms with E-state index in [0.717, 1.165) is 6.42 Å². The van der Waals surface area contributed by atoms with Gasteiger partial charge < -0.3 is 10.4 Å². The van der Waals surface area contributed by atoms with Gasteiger partial charge in [0.2, 0.25) is 5.91 Å². The first-order valence-corrected chi connectivity index (χ1v) is 6.36. The molecule has 15 heavy (non-hydrogen) atoms. The van der Waals surface area contributed by atoms with Crippen LogP contribution >= 0.6 is 11.8 Å². The predicted molar refractivity (Wildman–Crippen MR) is 60.0 cm³/mol. The topological polar surface area (TPSA) is 66.4 Å². The zero-order valence-corrected chi connectivity index (χ0v) is 9.89. The number of rotatable bonds is 5. The molecule has 1 atom stereocenters. The highest BCUT2D eigenvalue weighted by atomic mass is 32.2. The quantitative estimate of drug-likeness (QED) is 0.747. The summed E-state index contributed by atoms with van der Waals surface area (Å²) in [4.78, 5) is 22.5. The second-order valence-electron chi connectivity index (χ2n) is 4.04. The molecule has 1 saturated carbocycles. The molecule has 1 amide bonds. The highest BCUT2D eigenvalue weighted by Crippen LogP contribution is 2.32. The Bertz CT molecular complexity index is 263. The first-order chi connectivity index (χ1) is 7.00. The van der Waals surface area contributed by atoms with Crippen molar-refractivity contribution >= 4 is 23.6 Å². The largest absolute Gasteiger partial charge is 0.480 e. The standard InChI is InChI=1S/C10H17NO3S/c1-7(15-2)6-8(12)11-10(9(13)14)4-3-5-10/h7H,3-6H2,1-2H3,(H,11,12)(H,13,14). The van der Waals surface area contributed by atoms with Crippen LogP contribution in [0.3, 0.4) is 0 Å². The summed E-state index contributed by atoms with van der Waals surface area (Å²) < 4.78 is 0. The van der Waals surface area contributed by atoms with Gasteiger partial charge in [-0.3, -0.25) is 4.79 Å². The van der Waals surface area contributed by atoms with Crippen LogP contribution in [-0.4, -0.2) is 34.0 Å². The van der Waals surface area contributed by atoms with Gasteiger partial charge in [-0.2, -0.15) is 11.8 Å². The molecule has 1 rings (SSSR count). The molecule has 1 fully saturated rings. The maximum Gasteiger partial charge on any atom is 0.329 e.